The monoisotopic (exact) mass is 286 g/mol. The number of hydrazone groups is 1. The number of hydrogen-bond acceptors (Lipinski definition) is 6. The van der Waals surface area contributed by atoms with Crippen molar-refractivity contribution in [2.45, 2.75) is 0 Å². The summed E-state index contributed by atoms with van der Waals surface area (Å²) in [5, 5.41) is 23.1. The van der Waals surface area contributed by atoms with Gasteiger partial charge in [-0.15, -0.1) is 0 Å². The highest BCUT2D eigenvalue weighted by atomic mass is 16.6. The third kappa shape index (κ3) is 3.83. The number of nitro groups is 1. The van der Waals surface area contributed by atoms with Gasteiger partial charge in [0.1, 0.15) is 12.0 Å². The molecule has 0 aliphatic carbocycles. The lowest BCUT2D eigenvalue weighted by atomic mass is 10.1. The van der Waals surface area contributed by atoms with Crippen molar-refractivity contribution in [2.24, 2.45) is 5.10 Å². The van der Waals surface area contributed by atoms with Crippen LogP contribution in [0.2, 0.25) is 0 Å². The van der Waals surface area contributed by atoms with Crippen LogP contribution in [-0.4, -0.2) is 27.2 Å². The first-order chi connectivity index (χ1) is 10.1. The number of anilines is 1. The number of hydrogen-bond donors (Lipinski definition) is 2. The first kappa shape index (κ1) is 14.1. The predicted molar refractivity (Wildman–Crippen MR) is 75.5 cm³/mol. The number of carboxylic acid groups (broad SMARTS) is 1. The van der Waals surface area contributed by atoms with Gasteiger partial charge in [-0.25, -0.2) is 9.78 Å². The van der Waals surface area contributed by atoms with Gasteiger partial charge in [-0.2, -0.15) is 5.10 Å². The van der Waals surface area contributed by atoms with Crippen molar-refractivity contribution in [3.63, 3.8) is 0 Å². The molecule has 106 valence electrons. The molecule has 0 aliphatic heterocycles. The van der Waals surface area contributed by atoms with Gasteiger partial charge in [0.2, 0.25) is 0 Å². The summed E-state index contributed by atoms with van der Waals surface area (Å²) in [5.41, 5.74) is 3.41. The van der Waals surface area contributed by atoms with E-state index in [9.17, 15) is 14.9 Å². The smallest absolute Gasteiger partial charge is 0.335 e. The van der Waals surface area contributed by atoms with E-state index in [2.05, 4.69) is 15.5 Å². The molecule has 0 radical (unpaired) electrons. The van der Waals surface area contributed by atoms with Gasteiger partial charge in [-0.1, -0.05) is 12.1 Å². The van der Waals surface area contributed by atoms with E-state index in [-0.39, 0.29) is 11.3 Å². The first-order valence-electron chi connectivity index (χ1n) is 5.79. The number of carboxylic acids is 1. The highest BCUT2D eigenvalue weighted by molar-refractivity contribution is 5.89. The van der Waals surface area contributed by atoms with Crippen LogP contribution in [0.1, 0.15) is 15.9 Å². The Hall–Kier alpha value is -3.29. The number of nitrogens with one attached hydrogen (secondary N) is 1. The Balaban J connectivity index is 1.98. The van der Waals surface area contributed by atoms with E-state index >= 15 is 0 Å². The molecule has 1 aromatic carbocycles. The lowest BCUT2D eigenvalue weighted by Gasteiger charge is -1.99. The molecule has 2 rings (SSSR count). The summed E-state index contributed by atoms with van der Waals surface area (Å²) in [6.45, 7) is 0. The van der Waals surface area contributed by atoms with Crippen molar-refractivity contribution in [3.05, 3.63) is 63.8 Å². The number of aromatic nitrogens is 1. The number of nitrogens with zero attached hydrogens (tertiary/aromatic N) is 3. The van der Waals surface area contributed by atoms with Crippen LogP contribution in [0.15, 0.2) is 47.7 Å². The third-order valence-corrected chi connectivity index (χ3v) is 2.51. The van der Waals surface area contributed by atoms with Crippen molar-refractivity contribution in [1.82, 2.24) is 4.98 Å². The number of pyridine rings is 1. The molecule has 0 atom stereocenters. The molecule has 8 nitrogen and oxygen atoms in total. The van der Waals surface area contributed by atoms with Gasteiger partial charge in [0.25, 0.3) is 5.69 Å². The highest BCUT2D eigenvalue weighted by Gasteiger charge is 2.04. The lowest BCUT2D eigenvalue weighted by Crippen LogP contribution is -1.97. The molecule has 2 N–H and O–H groups in total. The number of rotatable bonds is 5. The Morgan fingerprint density at radius 3 is 2.52 bits per heavy atom. The summed E-state index contributed by atoms with van der Waals surface area (Å²) in [6.07, 6.45) is 2.61. The number of aromatic carboxylic acids is 1. The Morgan fingerprint density at radius 2 is 2.00 bits per heavy atom. The molecule has 0 fully saturated rings. The van der Waals surface area contributed by atoms with E-state index in [1.807, 2.05) is 0 Å². The van der Waals surface area contributed by atoms with Crippen LogP contribution in [-0.2, 0) is 0 Å². The normalized spacial score (nSPS) is 10.5. The average Bonchev–Trinajstić information content (AvgIpc) is 2.48. The van der Waals surface area contributed by atoms with Crippen molar-refractivity contribution in [2.75, 3.05) is 5.43 Å². The van der Waals surface area contributed by atoms with Gasteiger partial charge in [0.05, 0.1) is 16.7 Å². The van der Waals surface area contributed by atoms with E-state index in [1.165, 1.54) is 30.5 Å². The Bertz CT molecular complexity index is 680. The first-order valence-corrected chi connectivity index (χ1v) is 5.79. The topological polar surface area (TPSA) is 118 Å². The van der Waals surface area contributed by atoms with Crippen LogP contribution in [0.25, 0.3) is 0 Å². The molecule has 0 saturated carbocycles. The molecule has 2 aromatic rings. The van der Waals surface area contributed by atoms with Crippen molar-refractivity contribution >= 4 is 23.7 Å². The van der Waals surface area contributed by atoms with Crippen LogP contribution in [0.3, 0.4) is 0 Å². The van der Waals surface area contributed by atoms with E-state index in [0.717, 1.165) is 6.20 Å². The summed E-state index contributed by atoms with van der Waals surface area (Å²) in [6, 6.07) is 8.90. The van der Waals surface area contributed by atoms with Crippen LogP contribution in [0.5, 0.6) is 0 Å². The maximum absolute atomic E-state index is 10.7. The Labute approximate surface area is 118 Å². The minimum atomic E-state index is -0.994. The molecule has 0 spiro atoms. The standard InChI is InChI=1S/C13H10N4O4/c18-13(19)10-3-1-9(2-4-10)7-15-16-12-6-5-11(8-14-12)17(20)21/h1-8H,(H,14,16)(H,18,19)/b15-7-. The van der Waals surface area contributed by atoms with Crippen molar-refractivity contribution in [3.8, 4) is 0 Å². The molecule has 8 heteroatoms. The molecule has 0 bridgehead atoms. The van der Waals surface area contributed by atoms with E-state index in [0.29, 0.717) is 11.4 Å². The van der Waals surface area contributed by atoms with Crippen LogP contribution in [0, 0.1) is 10.1 Å². The van der Waals surface area contributed by atoms with E-state index < -0.39 is 10.9 Å². The molecular formula is C13H10N4O4. The fraction of sp³-hybridized carbons (Fsp3) is 0. The molecular weight excluding hydrogens is 276 g/mol. The highest BCUT2D eigenvalue weighted by Crippen LogP contribution is 2.11. The second-order valence-electron chi connectivity index (χ2n) is 3.96. The second-order valence-corrected chi connectivity index (χ2v) is 3.96. The maximum atomic E-state index is 10.7. The van der Waals surface area contributed by atoms with Gasteiger partial charge in [-0.3, -0.25) is 15.5 Å². The van der Waals surface area contributed by atoms with Gasteiger partial charge < -0.3 is 5.11 Å². The summed E-state index contributed by atoms with van der Waals surface area (Å²) < 4.78 is 0. The molecule has 0 saturated heterocycles. The van der Waals surface area contributed by atoms with Crippen LogP contribution < -0.4 is 5.43 Å². The van der Waals surface area contributed by atoms with Crippen LogP contribution >= 0.6 is 0 Å². The summed E-state index contributed by atoms with van der Waals surface area (Å²) >= 11 is 0. The largest absolute Gasteiger partial charge is 0.478 e. The zero-order chi connectivity index (χ0) is 15.2. The molecule has 0 aliphatic rings. The van der Waals surface area contributed by atoms with Crippen molar-refractivity contribution < 1.29 is 14.8 Å². The van der Waals surface area contributed by atoms with Gasteiger partial charge >= 0.3 is 5.97 Å². The van der Waals surface area contributed by atoms with Crippen molar-refractivity contribution in [1.29, 1.82) is 0 Å². The predicted octanol–water partition coefficient (Wildman–Crippen LogP) is 2.13. The van der Waals surface area contributed by atoms with E-state index in [4.69, 9.17) is 5.11 Å². The quantitative estimate of drug-likeness (QED) is 0.494. The Kier molecular flexibility index (Phi) is 4.20. The zero-order valence-electron chi connectivity index (χ0n) is 10.6. The van der Waals surface area contributed by atoms with Crippen LogP contribution in [0.4, 0.5) is 11.5 Å². The second kappa shape index (κ2) is 6.24. The molecule has 0 amide bonds. The molecule has 1 heterocycles. The third-order valence-electron chi connectivity index (χ3n) is 2.51. The number of benzene rings is 1. The maximum Gasteiger partial charge on any atom is 0.335 e. The van der Waals surface area contributed by atoms with Gasteiger partial charge in [-0.05, 0) is 23.8 Å². The van der Waals surface area contributed by atoms with E-state index in [1.54, 1.807) is 12.1 Å². The Morgan fingerprint density at radius 1 is 1.29 bits per heavy atom. The number of carbonyl (C=O) groups is 1. The lowest BCUT2D eigenvalue weighted by molar-refractivity contribution is -0.385. The average molecular weight is 286 g/mol. The summed E-state index contributed by atoms with van der Waals surface area (Å²) in [7, 11) is 0. The minimum Gasteiger partial charge on any atom is -0.478 e. The van der Waals surface area contributed by atoms with Gasteiger partial charge in [0, 0.05) is 6.07 Å². The zero-order valence-corrected chi connectivity index (χ0v) is 10.6. The molecule has 0 unspecified atom stereocenters. The SMILES string of the molecule is O=C(O)c1ccc(/C=N\Nc2ccc([N+](=O)[O-])cn2)cc1. The molecule has 1 aromatic heterocycles. The molecule has 21 heavy (non-hydrogen) atoms. The van der Waals surface area contributed by atoms with Gasteiger partial charge in [0.15, 0.2) is 0 Å². The minimum absolute atomic E-state index is 0.103. The summed E-state index contributed by atoms with van der Waals surface area (Å²) in [5.74, 6) is -0.634. The fourth-order valence-corrected chi connectivity index (χ4v) is 1.44. The summed E-state index contributed by atoms with van der Waals surface area (Å²) in [4.78, 5) is 24.4. The fourth-order valence-electron chi connectivity index (χ4n) is 1.44.